The predicted molar refractivity (Wildman–Crippen MR) is 106 cm³/mol. The SMILES string of the molecule is Cc1nccc(-c2cccc(-c3noc(CN4C[C@@H]5CCCC[C@H]5C4)n3)c2)n1. The zero-order chi connectivity index (χ0) is 18.9. The fraction of sp³-hybridized carbons (Fsp3) is 0.455. The molecular weight excluding hydrogens is 350 g/mol. The maximum atomic E-state index is 5.57. The third-order valence-corrected chi connectivity index (χ3v) is 6.07. The van der Waals surface area contributed by atoms with Crippen LogP contribution in [0.15, 0.2) is 41.1 Å². The Morgan fingerprint density at radius 2 is 1.82 bits per heavy atom. The summed E-state index contributed by atoms with van der Waals surface area (Å²) in [5, 5.41) is 4.23. The molecule has 1 aliphatic carbocycles. The first-order valence-electron chi connectivity index (χ1n) is 10.2. The highest BCUT2D eigenvalue weighted by Gasteiger charge is 2.34. The highest BCUT2D eigenvalue weighted by molar-refractivity contribution is 5.67. The first-order valence-corrected chi connectivity index (χ1v) is 10.2. The third kappa shape index (κ3) is 3.56. The zero-order valence-corrected chi connectivity index (χ0v) is 16.2. The Balaban J connectivity index is 1.32. The second kappa shape index (κ2) is 7.43. The number of nitrogens with zero attached hydrogens (tertiary/aromatic N) is 5. The summed E-state index contributed by atoms with van der Waals surface area (Å²) in [7, 11) is 0. The fourth-order valence-electron chi connectivity index (χ4n) is 4.69. The van der Waals surface area contributed by atoms with Gasteiger partial charge in [0.05, 0.1) is 12.2 Å². The van der Waals surface area contributed by atoms with Gasteiger partial charge in [-0.3, -0.25) is 4.90 Å². The van der Waals surface area contributed by atoms with Crippen LogP contribution in [0.3, 0.4) is 0 Å². The van der Waals surface area contributed by atoms with Crippen LogP contribution in [0.2, 0.25) is 0 Å². The van der Waals surface area contributed by atoms with Crippen molar-refractivity contribution in [3.8, 4) is 22.6 Å². The van der Waals surface area contributed by atoms with Crippen LogP contribution in [0.1, 0.15) is 37.4 Å². The van der Waals surface area contributed by atoms with Gasteiger partial charge in [0.1, 0.15) is 5.82 Å². The highest BCUT2D eigenvalue weighted by atomic mass is 16.5. The van der Waals surface area contributed by atoms with Gasteiger partial charge < -0.3 is 4.52 Å². The molecule has 1 aliphatic heterocycles. The normalized spacial score (nSPS) is 22.3. The summed E-state index contributed by atoms with van der Waals surface area (Å²) in [4.78, 5) is 15.8. The van der Waals surface area contributed by atoms with Gasteiger partial charge >= 0.3 is 0 Å². The smallest absolute Gasteiger partial charge is 0.241 e. The van der Waals surface area contributed by atoms with E-state index in [9.17, 15) is 0 Å². The molecule has 144 valence electrons. The van der Waals surface area contributed by atoms with E-state index in [1.807, 2.05) is 31.2 Å². The number of rotatable bonds is 4. The van der Waals surface area contributed by atoms with E-state index in [1.54, 1.807) is 6.20 Å². The molecule has 6 heteroatoms. The molecule has 0 spiro atoms. The molecule has 0 amide bonds. The van der Waals surface area contributed by atoms with Crippen molar-refractivity contribution in [2.75, 3.05) is 13.1 Å². The van der Waals surface area contributed by atoms with E-state index < -0.39 is 0 Å². The van der Waals surface area contributed by atoms with Gasteiger partial charge in [0, 0.05) is 30.4 Å². The van der Waals surface area contributed by atoms with Crippen LogP contribution in [-0.2, 0) is 6.54 Å². The molecule has 2 atom stereocenters. The summed E-state index contributed by atoms with van der Waals surface area (Å²) in [6.45, 7) is 4.99. The zero-order valence-electron chi connectivity index (χ0n) is 16.2. The predicted octanol–water partition coefficient (Wildman–Crippen LogP) is 4.12. The Hall–Kier alpha value is -2.60. The summed E-state index contributed by atoms with van der Waals surface area (Å²) in [5.41, 5.74) is 2.87. The molecule has 5 rings (SSSR count). The standard InChI is InChI=1S/C22H25N5O/c1-15-23-10-9-20(24-15)16-7-4-8-17(11-16)22-25-21(28-26-22)14-27-12-18-5-2-3-6-19(18)13-27/h4,7-11,18-19H,2-3,5-6,12-14H2,1H3/t18-,19-/m0/s1. The van der Waals surface area contributed by atoms with Gasteiger partial charge in [0.25, 0.3) is 0 Å². The van der Waals surface area contributed by atoms with Gasteiger partial charge in [-0.15, -0.1) is 0 Å². The van der Waals surface area contributed by atoms with Crippen molar-refractivity contribution in [1.82, 2.24) is 25.0 Å². The van der Waals surface area contributed by atoms with Gasteiger partial charge in [0.2, 0.25) is 11.7 Å². The molecule has 0 N–H and O–H groups in total. The fourth-order valence-corrected chi connectivity index (χ4v) is 4.69. The lowest BCUT2D eigenvalue weighted by Crippen LogP contribution is -2.20. The third-order valence-electron chi connectivity index (χ3n) is 6.07. The minimum Gasteiger partial charge on any atom is -0.338 e. The minimum atomic E-state index is 0.638. The molecule has 3 heterocycles. The molecule has 1 aromatic carbocycles. The van der Waals surface area contributed by atoms with Crippen molar-refractivity contribution in [3.05, 3.63) is 48.2 Å². The topological polar surface area (TPSA) is 67.9 Å². The Labute approximate surface area is 165 Å². The van der Waals surface area contributed by atoms with E-state index in [0.717, 1.165) is 41.0 Å². The first-order chi connectivity index (χ1) is 13.7. The van der Waals surface area contributed by atoms with Crippen molar-refractivity contribution in [2.24, 2.45) is 11.8 Å². The second-order valence-electron chi connectivity index (χ2n) is 8.08. The number of hydrogen-bond acceptors (Lipinski definition) is 6. The number of hydrogen-bond donors (Lipinski definition) is 0. The molecular formula is C22H25N5O. The van der Waals surface area contributed by atoms with E-state index in [-0.39, 0.29) is 0 Å². The number of aromatic nitrogens is 4. The van der Waals surface area contributed by atoms with Crippen LogP contribution >= 0.6 is 0 Å². The molecule has 0 unspecified atom stereocenters. The van der Waals surface area contributed by atoms with Crippen molar-refractivity contribution >= 4 is 0 Å². The average Bonchev–Trinajstić information content (AvgIpc) is 3.35. The summed E-state index contributed by atoms with van der Waals surface area (Å²) in [6.07, 6.45) is 7.32. The van der Waals surface area contributed by atoms with Crippen molar-refractivity contribution < 1.29 is 4.52 Å². The van der Waals surface area contributed by atoms with Crippen LogP contribution in [0.5, 0.6) is 0 Å². The Kier molecular flexibility index (Phi) is 4.64. The van der Waals surface area contributed by atoms with E-state index in [1.165, 1.54) is 38.8 Å². The monoisotopic (exact) mass is 375 g/mol. The molecule has 3 aromatic rings. The van der Waals surface area contributed by atoms with E-state index in [2.05, 4.69) is 31.1 Å². The van der Waals surface area contributed by atoms with Crippen molar-refractivity contribution in [2.45, 2.75) is 39.2 Å². The molecule has 6 nitrogen and oxygen atoms in total. The average molecular weight is 375 g/mol. The van der Waals surface area contributed by atoms with E-state index in [4.69, 9.17) is 4.52 Å². The van der Waals surface area contributed by atoms with Crippen molar-refractivity contribution in [3.63, 3.8) is 0 Å². The Morgan fingerprint density at radius 1 is 1.04 bits per heavy atom. The van der Waals surface area contributed by atoms with Crippen LogP contribution < -0.4 is 0 Å². The Morgan fingerprint density at radius 3 is 2.61 bits per heavy atom. The molecule has 2 aliphatic rings. The molecule has 1 saturated heterocycles. The van der Waals surface area contributed by atoms with Crippen molar-refractivity contribution in [1.29, 1.82) is 0 Å². The van der Waals surface area contributed by atoms with Gasteiger partial charge in [0.15, 0.2) is 0 Å². The van der Waals surface area contributed by atoms with Gasteiger partial charge in [-0.05, 0) is 43.7 Å². The molecule has 28 heavy (non-hydrogen) atoms. The summed E-state index contributed by atoms with van der Waals surface area (Å²) >= 11 is 0. The van der Waals surface area contributed by atoms with Gasteiger partial charge in [-0.1, -0.05) is 36.2 Å². The highest BCUT2D eigenvalue weighted by Crippen LogP contribution is 2.36. The largest absolute Gasteiger partial charge is 0.338 e. The van der Waals surface area contributed by atoms with Crippen LogP contribution in [0, 0.1) is 18.8 Å². The molecule has 2 fully saturated rings. The summed E-state index contributed by atoms with van der Waals surface area (Å²) < 4.78 is 5.57. The van der Waals surface area contributed by atoms with Crippen LogP contribution in [-0.4, -0.2) is 38.1 Å². The Bertz CT molecular complexity index is 955. The van der Waals surface area contributed by atoms with Gasteiger partial charge in [-0.2, -0.15) is 4.98 Å². The number of benzene rings is 1. The lowest BCUT2D eigenvalue weighted by Gasteiger charge is -2.23. The number of likely N-dealkylation sites (tertiary alicyclic amines) is 1. The van der Waals surface area contributed by atoms with E-state index in [0.29, 0.717) is 11.7 Å². The number of fused-ring (bicyclic) bond motifs is 1. The summed E-state index contributed by atoms with van der Waals surface area (Å²) in [5.74, 6) is 3.83. The first kappa shape index (κ1) is 17.5. The number of aryl methyl sites for hydroxylation is 1. The summed E-state index contributed by atoms with van der Waals surface area (Å²) in [6, 6.07) is 10.0. The van der Waals surface area contributed by atoms with E-state index >= 15 is 0 Å². The molecule has 0 bridgehead atoms. The molecule has 2 aromatic heterocycles. The quantitative estimate of drug-likeness (QED) is 0.683. The lowest BCUT2D eigenvalue weighted by atomic mass is 9.82. The maximum Gasteiger partial charge on any atom is 0.241 e. The van der Waals surface area contributed by atoms with Gasteiger partial charge in [-0.25, -0.2) is 9.97 Å². The molecule has 0 radical (unpaired) electrons. The molecule has 1 saturated carbocycles. The maximum absolute atomic E-state index is 5.57. The van der Waals surface area contributed by atoms with Crippen LogP contribution in [0.25, 0.3) is 22.6 Å². The van der Waals surface area contributed by atoms with Crippen LogP contribution in [0.4, 0.5) is 0 Å². The lowest BCUT2D eigenvalue weighted by molar-refractivity contribution is 0.258. The minimum absolute atomic E-state index is 0.638. The second-order valence-corrected chi connectivity index (χ2v) is 8.08.